The monoisotopic (exact) mass is 341 g/mol. The molecular weight excluding hydrogens is 318 g/mol. The molecule has 0 radical (unpaired) electrons. The topological polar surface area (TPSA) is 67.6 Å². The average Bonchev–Trinajstić information content (AvgIpc) is 3.22. The number of carbonyl (C=O) groups excluding carboxylic acids is 1. The fourth-order valence-electron chi connectivity index (χ4n) is 3.83. The zero-order valence-corrected chi connectivity index (χ0v) is 14.4. The molecule has 2 saturated heterocycles. The summed E-state index contributed by atoms with van der Waals surface area (Å²) < 4.78 is 11.8. The van der Waals surface area contributed by atoms with Crippen LogP contribution in [-0.4, -0.2) is 40.6 Å². The quantitative estimate of drug-likeness (QED) is 0.926. The maximum Gasteiger partial charge on any atom is 0.253 e. The lowest BCUT2D eigenvalue weighted by Gasteiger charge is -2.35. The Morgan fingerprint density at radius 2 is 2.24 bits per heavy atom. The van der Waals surface area contributed by atoms with Crippen LogP contribution in [0.1, 0.15) is 30.8 Å². The molecule has 2 aromatic heterocycles. The first kappa shape index (κ1) is 16.3. The number of rotatable bonds is 4. The highest BCUT2D eigenvalue weighted by Crippen LogP contribution is 2.33. The summed E-state index contributed by atoms with van der Waals surface area (Å²) in [5, 5.41) is 2.89. The SMILES string of the molecule is Cc1ccc(CN2CC[C@@H]3O[C@@H](C(=O)Nc4cccnc4)CC[C@@H]32)o1. The van der Waals surface area contributed by atoms with Crippen molar-refractivity contribution in [2.24, 2.45) is 0 Å². The normalized spacial score (nSPS) is 26.4. The summed E-state index contributed by atoms with van der Waals surface area (Å²) >= 11 is 0. The summed E-state index contributed by atoms with van der Waals surface area (Å²) in [4.78, 5) is 18.9. The molecule has 0 saturated carbocycles. The third-order valence-corrected chi connectivity index (χ3v) is 5.04. The van der Waals surface area contributed by atoms with Crippen LogP contribution in [0.2, 0.25) is 0 Å². The predicted octanol–water partition coefficient (Wildman–Crippen LogP) is 2.74. The summed E-state index contributed by atoms with van der Waals surface area (Å²) in [7, 11) is 0. The number of nitrogens with one attached hydrogen (secondary N) is 1. The van der Waals surface area contributed by atoms with Crippen molar-refractivity contribution in [1.29, 1.82) is 0 Å². The molecule has 4 rings (SSSR count). The first-order valence-electron chi connectivity index (χ1n) is 8.85. The molecule has 6 nitrogen and oxygen atoms in total. The number of furan rings is 1. The van der Waals surface area contributed by atoms with Gasteiger partial charge in [-0.05, 0) is 50.5 Å². The molecule has 25 heavy (non-hydrogen) atoms. The minimum atomic E-state index is -0.382. The van der Waals surface area contributed by atoms with Crippen molar-refractivity contribution < 1.29 is 13.9 Å². The van der Waals surface area contributed by atoms with Gasteiger partial charge in [-0.25, -0.2) is 0 Å². The number of hydrogen-bond acceptors (Lipinski definition) is 5. The number of pyridine rings is 1. The highest BCUT2D eigenvalue weighted by molar-refractivity contribution is 5.94. The Morgan fingerprint density at radius 1 is 1.32 bits per heavy atom. The average molecular weight is 341 g/mol. The van der Waals surface area contributed by atoms with Gasteiger partial charge in [0.2, 0.25) is 0 Å². The number of amides is 1. The van der Waals surface area contributed by atoms with Crippen LogP contribution in [0.25, 0.3) is 0 Å². The predicted molar refractivity (Wildman–Crippen MR) is 93.0 cm³/mol. The lowest BCUT2D eigenvalue weighted by Crippen LogP contribution is -2.46. The number of anilines is 1. The molecule has 0 aromatic carbocycles. The van der Waals surface area contributed by atoms with Crippen LogP contribution in [0.15, 0.2) is 41.1 Å². The smallest absolute Gasteiger partial charge is 0.253 e. The van der Waals surface area contributed by atoms with E-state index in [1.54, 1.807) is 18.5 Å². The van der Waals surface area contributed by atoms with E-state index in [0.717, 1.165) is 43.9 Å². The summed E-state index contributed by atoms with van der Waals surface area (Å²) in [5.41, 5.74) is 0.708. The third-order valence-electron chi connectivity index (χ3n) is 5.04. The van der Waals surface area contributed by atoms with Crippen molar-refractivity contribution in [3.63, 3.8) is 0 Å². The van der Waals surface area contributed by atoms with Crippen LogP contribution < -0.4 is 5.32 Å². The van der Waals surface area contributed by atoms with Crippen LogP contribution in [0.3, 0.4) is 0 Å². The fraction of sp³-hybridized carbons (Fsp3) is 0.474. The maximum absolute atomic E-state index is 12.4. The van der Waals surface area contributed by atoms with Gasteiger partial charge >= 0.3 is 0 Å². The standard InChI is InChI=1S/C19H23N3O3/c1-13-4-5-15(24-13)12-22-10-8-17-16(22)6-7-18(25-17)19(23)21-14-3-2-9-20-11-14/h2-5,9,11,16-18H,6-8,10,12H2,1H3,(H,21,23)/t16-,17-,18+/m0/s1. The number of likely N-dealkylation sites (tertiary alicyclic amines) is 1. The molecule has 3 atom stereocenters. The Balaban J connectivity index is 1.34. The Kier molecular flexibility index (Phi) is 4.55. The second-order valence-corrected chi connectivity index (χ2v) is 6.81. The lowest BCUT2D eigenvalue weighted by atomic mass is 9.98. The molecule has 4 heterocycles. The molecular formula is C19H23N3O3. The van der Waals surface area contributed by atoms with E-state index in [0.29, 0.717) is 11.7 Å². The van der Waals surface area contributed by atoms with Gasteiger partial charge in [-0.15, -0.1) is 0 Å². The van der Waals surface area contributed by atoms with E-state index in [4.69, 9.17) is 9.15 Å². The number of ether oxygens (including phenoxy) is 1. The van der Waals surface area contributed by atoms with Crippen molar-refractivity contribution in [3.05, 3.63) is 48.2 Å². The number of nitrogens with zero attached hydrogens (tertiary/aromatic N) is 2. The Labute approximate surface area is 147 Å². The van der Waals surface area contributed by atoms with Gasteiger partial charge in [-0.2, -0.15) is 0 Å². The highest BCUT2D eigenvalue weighted by Gasteiger charge is 2.41. The van der Waals surface area contributed by atoms with E-state index in [2.05, 4.69) is 15.2 Å². The van der Waals surface area contributed by atoms with Crippen LogP contribution in [0, 0.1) is 6.92 Å². The van der Waals surface area contributed by atoms with E-state index < -0.39 is 0 Å². The summed E-state index contributed by atoms with van der Waals surface area (Å²) in [6.07, 6.45) is 5.73. The van der Waals surface area contributed by atoms with Crippen molar-refractivity contribution in [1.82, 2.24) is 9.88 Å². The molecule has 2 aliphatic rings. The van der Waals surface area contributed by atoms with Gasteiger partial charge in [-0.1, -0.05) is 0 Å². The van der Waals surface area contributed by atoms with Crippen LogP contribution >= 0.6 is 0 Å². The number of hydrogen-bond donors (Lipinski definition) is 1. The van der Waals surface area contributed by atoms with Gasteiger partial charge in [0.05, 0.1) is 24.5 Å². The van der Waals surface area contributed by atoms with Gasteiger partial charge in [-0.3, -0.25) is 14.7 Å². The number of carbonyl (C=O) groups is 1. The third kappa shape index (κ3) is 3.60. The first-order valence-corrected chi connectivity index (χ1v) is 8.85. The highest BCUT2D eigenvalue weighted by atomic mass is 16.5. The van der Waals surface area contributed by atoms with Crippen molar-refractivity contribution in [2.75, 3.05) is 11.9 Å². The number of aromatic nitrogens is 1. The van der Waals surface area contributed by atoms with Gasteiger partial charge in [0.25, 0.3) is 5.91 Å². The van der Waals surface area contributed by atoms with Crippen molar-refractivity contribution in [2.45, 2.75) is 51.0 Å². The minimum absolute atomic E-state index is 0.0773. The van der Waals surface area contributed by atoms with E-state index >= 15 is 0 Å². The van der Waals surface area contributed by atoms with Crippen LogP contribution in [0.4, 0.5) is 5.69 Å². The second kappa shape index (κ2) is 6.98. The van der Waals surface area contributed by atoms with Gasteiger partial charge in [0, 0.05) is 18.8 Å². The molecule has 0 spiro atoms. The van der Waals surface area contributed by atoms with Crippen LogP contribution in [0.5, 0.6) is 0 Å². The summed E-state index contributed by atoms with van der Waals surface area (Å²) in [6.45, 7) is 3.75. The van der Waals surface area contributed by atoms with E-state index in [1.165, 1.54) is 0 Å². The van der Waals surface area contributed by atoms with Crippen LogP contribution in [-0.2, 0) is 16.1 Å². The number of fused-ring (bicyclic) bond motifs is 1. The molecule has 132 valence electrons. The summed E-state index contributed by atoms with van der Waals surface area (Å²) in [6, 6.07) is 8.04. The van der Waals surface area contributed by atoms with Gasteiger partial charge in [0.15, 0.2) is 0 Å². The zero-order valence-electron chi connectivity index (χ0n) is 14.4. The van der Waals surface area contributed by atoms with Gasteiger partial charge < -0.3 is 14.5 Å². The fourth-order valence-corrected chi connectivity index (χ4v) is 3.83. The largest absolute Gasteiger partial charge is 0.465 e. The Bertz CT molecular complexity index is 731. The Morgan fingerprint density at radius 3 is 3.00 bits per heavy atom. The maximum atomic E-state index is 12.4. The lowest BCUT2D eigenvalue weighted by molar-refractivity contribution is -0.138. The van der Waals surface area contributed by atoms with E-state index in [9.17, 15) is 4.79 Å². The second-order valence-electron chi connectivity index (χ2n) is 6.81. The molecule has 6 heteroatoms. The zero-order chi connectivity index (χ0) is 17.2. The molecule has 2 fully saturated rings. The molecule has 0 bridgehead atoms. The summed E-state index contributed by atoms with van der Waals surface area (Å²) in [5.74, 6) is 1.86. The molecule has 2 aliphatic heterocycles. The number of aryl methyl sites for hydroxylation is 1. The molecule has 1 amide bonds. The minimum Gasteiger partial charge on any atom is -0.465 e. The van der Waals surface area contributed by atoms with Gasteiger partial charge in [0.1, 0.15) is 17.6 Å². The Hall–Kier alpha value is -2.18. The van der Waals surface area contributed by atoms with Crippen molar-refractivity contribution in [3.8, 4) is 0 Å². The molecule has 1 N–H and O–H groups in total. The molecule has 2 aromatic rings. The first-order chi connectivity index (χ1) is 12.2. The molecule has 0 aliphatic carbocycles. The van der Waals surface area contributed by atoms with E-state index in [1.807, 2.05) is 25.1 Å². The van der Waals surface area contributed by atoms with E-state index in [-0.39, 0.29) is 18.1 Å². The van der Waals surface area contributed by atoms with Crippen molar-refractivity contribution >= 4 is 11.6 Å². The molecule has 0 unspecified atom stereocenters.